The van der Waals surface area contributed by atoms with Crippen LogP contribution in [0.5, 0.6) is 0 Å². The lowest BCUT2D eigenvalue weighted by atomic mass is 10.1. The average molecular weight is 372 g/mol. The molecule has 1 saturated heterocycles. The first-order valence-electron chi connectivity index (χ1n) is 6.58. The predicted octanol–water partition coefficient (Wildman–Crippen LogP) is 2.04. The van der Waals surface area contributed by atoms with Crippen molar-refractivity contribution in [2.24, 2.45) is 0 Å². The third-order valence-electron chi connectivity index (χ3n) is 3.56. The van der Waals surface area contributed by atoms with Crippen molar-refractivity contribution in [3.05, 3.63) is 34.5 Å². The number of hydrogen-bond donors (Lipinski definition) is 1. The van der Waals surface area contributed by atoms with Crippen LogP contribution in [0.3, 0.4) is 0 Å². The van der Waals surface area contributed by atoms with E-state index in [1.165, 1.54) is 0 Å². The molecule has 1 unspecified atom stereocenters. The van der Waals surface area contributed by atoms with Gasteiger partial charge in [-0.1, -0.05) is 15.9 Å². The Bertz CT molecular complexity index is 796. The zero-order valence-electron chi connectivity index (χ0n) is 11.1. The van der Waals surface area contributed by atoms with E-state index in [1.54, 1.807) is 6.26 Å². The number of sulfone groups is 1. The van der Waals surface area contributed by atoms with Crippen molar-refractivity contribution in [3.8, 4) is 0 Å². The van der Waals surface area contributed by atoms with E-state index in [0.717, 1.165) is 21.0 Å². The van der Waals surface area contributed by atoms with Crippen LogP contribution in [0, 0.1) is 0 Å². The number of benzene rings is 1. The van der Waals surface area contributed by atoms with E-state index in [2.05, 4.69) is 21.2 Å². The standard InChI is InChI=1S/C14H14BrNO4S/c15-10-1-2-13-12(6-10)9(7-20-13)5-14(17)16-11-3-4-21(18,19)8-11/h1-2,6-7,11H,3-5,8H2,(H,16,17). The molecule has 1 amide bonds. The van der Waals surface area contributed by atoms with Crippen molar-refractivity contribution in [3.63, 3.8) is 0 Å². The van der Waals surface area contributed by atoms with Crippen LogP contribution in [-0.2, 0) is 21.1 Å². The summed E-state index contributed by atoms with van der Waals surface area (Å²) in [5, 5.41) is 3.67. The van der Waals surface area contributed by atoms with E-state index >= 15 is 0 Å². The smallest absolute Gasteiger partial charge is 0.224 e. The van der Waals surface area contributed by atoms with Gasteiger partial charge in [-0.15, -0.1) is 0 Å². The topological polar surface area (TPSA) is 76.4 Å². The van der Waals surface area contributed by atoms with Gasteiger partial charge in [0.1, 0.15) is 5.58 Å². The Hall–Kier alpha value is -1.34. The molecule has 3 rings (SSSR count). The third-order valence-corrected chi connectivity index (χ3v) is 5.83. The molecule has 0 aliphatic carbocycles. The molecule has 1 aromatic carbocycles. The summed E-state index contributed by atoms with van der Waals surface area (Å²) in [4.78, 5) is 12.0. The van der Waals surface area contributed by atoms with Gasteiger partial charge < -0.3 is 9.73 Å². The number of fused-ring (bicyclic) bond motifs is 1. The number of nitrogens with one attached hydrogen (secondary N) is 1. The highest BCUT2D eigenvalue weighted by Gasteiger charge is 2.29. The minimum Gasteiger partial charge on any atom is -0.464 e. The normalized spacial score (nSPS) is 20.7. The van der Waals surface area contributed by atoms with Crippen LogP contribution >= 0.6 is 15.9 Å². The molecule has 0 spiro atoms. The predicted molar refractivity (Wildman–Crippen MR) is 82.8 cm³/mol. The number of hydrogen-bond acceptors (Lipinski definition) is 4. The molecule has 0 radical (unpaired) electrons. The van der Waals surface area contributed by atoms with E-state index in [0.29, 0.717) is 6.42 Å². The highest BCUT2D eigenvalue weighted by atomic mass is 79.9. The summed E-state index contributed by atoms with van der Waals surface area (Å²) in [6, 6.07) is 5.35. The minimum absolute atomic E-state index is 0.0381. The summed E-state index contributed by atoms with van der Waals surface area (Å²) in [6.45, 7) is 0. The van der Waals surface area contributed by atoms with E-state index in [-0.39, 0.29) is 29.9 Å². The van der Waals surface area contributed by atoms with Gasteiger partial charge in [0, 0.05) is 21.5 Å². The molecule has 1 aliphatic heterocycles. The molecule has 1 atom stereocenters. The Morgan fingerprint density at radius 1 is 1.43 bits per heavy atom. The van der Waals surface area contributed by atoms with Crippen molar-refractivity contribution < 1.29 is 17.6 Å². The fraction of sp³-hybridized carbons (Fsp3) is 0.357. The number of carbonyl (C=O) groups excluding carboxylic acids is 1. The molecule has 112 valence electrons. The maximum absolute atomic E-state index is 12.0. The molecule has 2 aromatic rings. The van der Waals surface area contributed by atoms with E-state index in [1.807, 2.05) is 18.2 Å². The van der Waals surface area contributed by atoms with Crippen LogP contribution in [0.2, 0.25) is 0 Å². The lowest BCUT2D eigenvalue weighted by Gasteiger charge is -2.10. The highest BCUT2D eigenvalue weighted by molar-refractivity contribution is 9.10. The van der Waals surface area contributed by atoms with Crippen molar-refractivity contribution in [1.29, 1.82) is 0 Å². The second-order valence-electron chi connectivity index (χ2n) is 5.25. The van der Waals surface area contributed by atoms with Gasteiger partial charge >= 0.3 is 0 Å². The summed E-state index contributed by atoms with van der Waals surface area (Å²) in [5.74, 6) is 0.00967. The van der Waals surface area contributed by atoms with Gasteiger partial charge in [-0.2, -0.15) is 0 Å². The van der Waals surface area contributed by atoms with Gasteiger partial charge in [0.05, 0.1) is 24.2 Å². The van der Waals surface area contributed by atoms with Crippen LogP contribution < -0.4 is 5.32 Å². The lowest BCUT2D eigenvalue weighted by molar-refractivity contribution is -0.120. The van der Waals surface area contributed by atoms with E-state index in [4.69, 9.17) is 4.42 Å². The van der Waals surface area contributed by atoms with Crippen LogP contribution in [0.4, 0.5) is 0 Å². The van der Waals surface area contributed by atoms with E-state index < -0.39 is 9.84 Å². The monoisotopic (exact) mass is 371 g/mol. The Labute approximate surface area is 130 Å². The zero-order chi connectivity index (χ0) is 15.0. The van der Waals surface area contributed by atoms with Crippen LogP contribution in [0.15, 0.2) is 33.4 Å². The van der Waals surface area contributed by atoms with Crippen molar-refractivity contribution in [1.82, 2.24) is 5.32 Å². The molecule has 1 N–H and O–H groups in total. The second-order valence-corrected chi connectivity index (χ2v) is 8.39. The number of carbonyl (C=O) groups is 1. The quantitative estimate of drug-likeness (QED) is 0.895. The molecule has 21 heavy (non-hydrogen) atoms. The molecular weight excluding hydrogens is 358 g/mol. The first-order chi connectivity index (χ1) is 9.93. The summed E-state index contributed by atoms with van der Waals surface area (Å²) in [7, 11) is -2.98. The SMILES string of the molecule is O=C(Cc1coc2ccc(Br)cc12)NC1CCS(=O)(=O)C1. The molecule has 2 heterocycles. The van der Waals surface area contributed by atoms with Crippen molar-refractivity contribution in [2.75, 3.05) is 11.5 Å². The zero-order valence-corrected chi connectivity index (χ0v) is 13.5. The number of amides is 1. The summed E-state index contributed by atoms with van der Waals surface area (Å²) in [6.07, 6.45) is 2.24. The molecule has 5 nitrogen and oxygen atoms in total. The highest BCUT2D eigenvalue weighted by Crippen LogP contribution is 2.25. The van der Waals surface area contributed by atoms with Crippen molar-refractivity contribution in [2.45, 2.75) is 18.9 Å². The van der Waals surface area contributed by atoms with Crippen LogP contribution in [0.25, 0.3) is 11.0 Å². The average Bonchev–Trinajstić information content (AvgIpc) is 2.93. The van der Waals surface area contributed by atoms with Gasteiger partial charge in [-0.3, -0.25) is 4.79 Å². The third kappa shape index (κ3) is 3.29. The summed E-state index contributed by atoms with van der Waals surface area (Å²) < 4.78 is 29.1. The van der Waals surface area contributed by atoms with Gasteiger partial charge in [-0.25, -0.2) is 8.42 Å². The number of rotatable bonds is 3. The van der Waals surface area contributed by atoms with Gasteiger partial charge in [0.25, 0.3) is 0 Å². The lowest BCUT2D eigenvalue weighted by Crippen LogP contribution is -2.36. The second kappa shape index (κ2) is 5.46. The van der Waals surface area contributed by atoms with Crippen molar-refractivity contribution >= 4 is 42.6 Å². The van der Waals surface area contributed by atoms with Crippen LogP contribution in [0.1, 0.15) is 12.0 Å². The molecule has 1 fully saturated rings. The number of halogens is 1. The maximum Gasteiger partial charge on any atom is 0.224 e. The fourth-order valence-electron chi connectivity index (χ4n) is 2.55. The minimum atomic E-state index is -2.98. The number of furan rings is 1. The largest absolute Gasteiger partial charge is 0.464 e. The molecule has 0 bridgehead atoms. The molecule has 1 aromatic heterocycles. The summed E-state index contributed by atoms with van der Waals surface area (Å²) >= 11 is 3.39. The Morgan fingerprint density at radius 2 is 2.24 bits per heavy atom. The molecular formula is C14H14BrNO4S. The molecule has 1 aliphatic rings. The molecule has 7 heteroatoms. The summed E-state index contributed by atoms with van der Waals surface area (Å²) in [5.41, 5.74) is 1.52. The maximum atomic E-state index is 12.0. The Morgan fingerprint density at radius 3 is 2.95 bits per heavy atom. The van der Waals surface area contributed by atoms with Crippen LogP contribution in [-0.4, -0.2) is 31.9 Å². The van der Waals surface area contributed by atoms with Gasteiger partial charge in [-0.05, 0) is 24.6 Å². The van der Waals surface area contributed by atoms with Gasteiger partial charge in [0.15, 0.2) is 9.84 Å². The Balaban J connectivity index is 1.70. The first kappa shape index (κ1) is 14.6. The van der Waals surface area contributed by atoms with E-state index in [9.17, 15) is 13.2 Å². The van der Waals surface area contributed by atoms with Gasteiger partial charge in [0.2, 0.25) is 5.91 Å². The fourth-order valence-corrected chi connectivity index (χ4v) is 4.59. The first-order valence-corrected chi connectivity index (χ1v) is 9.20. The molecule has 0 saturated carbocycles. The Kier molecular flexibility index (Phi) is 3.79.